The first kappa shape index (κ1) is 10.1. The van der Waals surface area contributed by atoms with Gasteiger partial charge in [0.05, 0.1) is 18.2 Å². The smallest absolute Gasteiger partial charge is 0.205 e. The van der Waals surface area contributed by atoms with Crippen molar-refractivity contribution in [3.05, 3.63) is 0 Å². The van der Waals surface area contributed by atoms with Crippen LogP contribution < -0.4 is 0 Å². The lowest BCUT2D eigenvalue weighted by atomic mass is 10.3. The quantitative estimate of drug-likeness (QED) is 0.591. The zero-order chi connectivity index (χ0) is 8.91. The SMILES string of the molecule is CCS(=O)(=O)/N=C(\C)CC#N. The second-order valence-corrected chi connectivity index (χ2v) is 3.96. The normalized spacial score (nSPS) is 12.6. The van der Waals surface area contributed by atoms with Crippen molar-refractivity contribution in [3.63, 3.8) is 0 Å². The molecule has 0 rings (SSSR count). The van der Waals surface area contributed by atoms with Gasteiger partial charge in [-0.2, -0.15) is 9.66 Å². The highest BCUT2D eigenvalue weighted by molar-refractivity contribution is 7.90. The molecule has 0 aromatic carbocycles. The van der Waals surface area contributed by atoms with Crippen LogP contribution in [0, 0.1) is 11.3 Å². The summed E-state index contributed by atoms with van der Waals surface area (Å²) in [5.41, 5.74) is 0.342. The van der Waals surface area contributed by atoms with Crippen LogP contribution in [0.25, 0.3) is 0 Å². The molecule has 0 aromatic heterocycles. The standard InChI is InChI=1S/C6H10N2O2S/c1-3-11(9,10)8-6(2)4-5-7/h3-4H2,1-2H3/b8-6+. The van der Waals surface area contributed by atoms with Crippen molar-refractivity contribution in [3.8, 4) is 6.07 Å². The summed E-state index contributed by atoms with van der Waals surface area (Å²) in [6.07, 6.45) is 0.0687. The Hall–Kier alpha value is -0.890. The van der Waals surface area contributed by atoms with E-state index in [-0.39, 0.29) is 12.2 Å². The molecule has 0 spiro atoms. The molecule has 5 heteroatoms. The summed E-state index contributed by atoms with van der Waals surface area (Å²) < 4.78 is 25.0. The minimum atomic E-state index is -3.30. The van der Waals surface area contributed by atoms with Gasteiger partial charge < -0.3 is 0 Å². The highest BCUT2D eigenvalue weighted by Gasteiger charge is 2.03. The molecule has 4 nitrogen and oxygen atoms in total. The van der Waals surface area contributed by atoms with E-state index < -0.39 is 10.0 Å². The fraction of sp³-hybridized carbons (Fsp3) is 0.667. The van der Waals surface area contributed by atoms with Gasteiger partial charge in [0.25, 0.3) is 10.0 Å². The predicted molar refractivity (Wildman–Crippen MR) is 42.8 cm³/mol. The number of hydrogen-bond donors (Lipinski definition) is 0. The van der Waals surface area contributed by atoms with Gasteiger partial charge in [-0.3, -0.25) is 0 Å². The molecule has 0 radical (unpaired) electrons. The Labute approximate surface area is 66.6 Å². The van der Waals surface area contributed by atoms with Gasteiger partial charge in [-0.15, -0.1) is 0 Å². The summed E-state index contributed by atoms with van der Waals surface area (Å²) in [6, 6.07) is 1.82. The van der Waals surface area contributed by atoms with Crippen LogP contribution in [0.3, 0.4) is 0 Å². The van der Waals surface area contributed by atoms with Crippen molar-refractivity contribution in [2.24, 2.45) is 4.40 Å². The van der Waals surface area contributed by atoms with Gasteiger partial charge in [0, 0.05) is 5.71 Å². The van der Waals surface area contributed by atoms with Crippen LogP contribution in [-0.4, -0.2) is 19.9 Å². The molecule has 0 aliphatic carbocycles. The molecule has 62 valence electrons. The minimum Gasteiger partial charge on any atom is -0.205 e. The maximum atomic E-state index is 10.8. The summed E-state index contributed by atoms with van der Waals surface area (Å²) in [5, 5.41) is 8.18. The van der Waals surface area contributed by atoms with E-state index in [4.69, 9.17) is 5.26 Å². The Balaban J connectivity index is 4.46. The summed E-state index contributed by atoms with van der Waals surface area (Å²) in [6.45, 7) is 3.04. The molecule has 0 aliphatic heterocycles. The number of hydrogen-bond acceptors (Lipinski definition) is 3. The Kier molecular flexibility index (Phi) is 3.76. The van der Waals surface area contributed by atoms with E-state index in [1.165, 1.54) is 13.8 Å². The highest BCUT2D eigenvalue weighted by Crippen LogP contribution is 1.94. The lowest BCUT2D eigenvalue weighted by Crippen LogP contribution is -2.02. The fourth-order valence-electron chi connectivity index (χ4n) is 0.449. The third-order valence-corrected chi connectivity index (χ3v) is 2.31. The van der Waals surface area contributed by atoms with E-state index in [9.17, 15) is 8.42 Å². The Bertz CT molecular complexity index is 284. The molecule has 11 heavy (non-hydrogen) atoms. The van der Waals surface area contributed by atoms with Crippen LogP contribution in [0.2, 0.25) is 0 Å². The first-order valence-corrected chi connectivity index (χ1v) is 4.78. The van der Waals surface area contributed by atoms with Gasteiger partial charge in [0.2, 0.25) is 0 Å². The van der Waals surface area contributed by atoms with Crippen molar-refractivity contribution in [2.75, 3.05) is 5.75 Å². The number of nitriles is 1. The van der Waals surface area contributed by atoms with Crippen LogP contribution in [0.4, 0.5) is 0 Å². The summed E-state index contributed by atoms with van der Waals surface area (Å²) in [4.78, 5) is 0. The molecule has 0 unspecified atom stereocenters. The van der Waals surface area contributed by atoms with E-state index in [1.807, 2.05) is 6.07 Å². The number of sulfonamides is 1. The maximum Gasteiger partial charge on any atom is 0.252 e. The molecule has 0 N–H and O–H groups in total. The first-order valence-electron chi connectivity index (χ1n) is 3.17. The van der Waals surface area contributed by atoms with Crippen LogP contribution in [0.15, 0.2) is 4.40 Å². The second kappa shape index (κ2) is 4.09. The Morgan fingerprint density at radius 3 is 2.55 bits per heavy atom. The van der Waals surface area contributed by atoms with Crippen LogP contribution in [-0.2, 0) is 10.0 Å². The van der Waals surface area contributed by atoms with Crippen molar-refractivity contribution in [2.45, 2.75) is 20.3 Å². The van der Waals surface area contributed by atoms with E-state index in [2.05, 4.69) is 4.40 Å². The van der Waals surface area contributed by atoms with E-state index >= 15 is 0 Å². The topological polar surface area (TPSA) is 70.3 Å². The zero-order valence-electron chi connectivity index (χ0n) is 6.53. The molecule has 0 saturated heterocycles. The monoisotopic (exact) mass is 174 g/mol. The fourth-order valence-corrected chi connectivity index (χ4v) is 1.12. The van der Waals surface area contributed by atoms with Crippen molar-refractivity contribution < 1.29 is 8.42 Å². The number of nitrogens with zero attached hydrogens (tertiary/aromatic N) is 2. The average molecular weight is 174 g/mol. The highest BCUT2D eigenvalue weighted by atomic mass is 32.2. The van der Waals surface area contributed by atoms with Crippen LogP contribution in [0.1, 0.15) is 20.3 Å². The lowest BCUT2D eigenvalue weighted by molar-refractivity contribution is 0.599. The maximum absolute atomic E-state index is 10.8. The second-order valence-electron chi connectivity index (χ2n) is 2.03. The Morgan fingerprint density at radius 2 is 2.18 bits per heavy atom. The third-order valence-electron chi connectivity index (χ3n) is 0.995. The largest absolute Gasteiger partial charge is 0.252 e. The van der Waals surface area contributed by atoms with E-state index in [1.54, 1.807) is 0 Å². The molecular weight excluding hydrogens is 164 g/mol. The van der Waals surface area contributed by atoms with E-state index in [0.29, 0.717) is 5.71 Å². The molecule has 0 aliphatic rings. The molecule has 0 amide bonds. The Morgan fingerprint density at radius 1 is 1.64 bits per heavy atom. The first-order chi connectivity index (χ1) is 5.02. The summed E-state index contributed by atoms with van der Waals surface area (Å²) in [5.74, 6) is -0.0181. The molecule has 0 bridgehead atoms. The van der Waals surface area contributed by atoms with Gasteiger partial charge in [0.15, 0.2) is 0 Å². The minimum absolute atomic E-state index is 0.0181. The van der Waals surface area contributed by atoms with Gasteiger partial charge in [-0.1, -0.05) is 0 Å². The van der Waals surface area contributed by atoms with Crippen LogP contribution in [0.5, 0.6) is 0 Å². The van der Waals surface area contributed by atoms with Crippen LogP contribution >= 0.6 is 0 Å². The van der Waals surface area contributed by atoms with Gasteiger partial charge in [-0.25, -0.2) is 8.42 Å². The molecule has 0 heterocycles. The van der Waals surface area contributed by atoms with Crippen molar-refractivity contribution in [1.29, 1.82) is 5.26 Å². The zero-order valence-corrected chi connectivity index (χ0v) is 7.35. The molecule has 0 fully saturated rings. The van der Waals surface area contributed by atoms with Crippen molar-refractivity contribution in [1.82, 2.24) is 0 Å². The number of rotatable bonds is 3. The molecular formula is C6H10N2O2S. The molecule has 0 atom stereocenters. The third kappa shape index (κ3) is 4.51. The lowest BCUT2D eigenvalue weighted by Gasteiger charge is -1.93. The summed E-state index contributed by atoms with van der Waals surface area (Å²) in [7, 11) is -3.30. The van der Waals surface area contributed by atoms with Gasteiger partial charge >= 0.3 is 0 Å². The van der Waals surface area contributed by atoms with Gasteiger partial charge in [0.1, 0.15) is 0 Å². The van der Waals surface area contributed by atoms with E-state index in [0.717, 1.165) is 0 Å². The average Bonchev–Trinajstić information content (AvgIpc) is 1.87. The van der Waals surface area contributed by atoms with Crippen molar-refractivity contribution >= 4 is 15.7 Å². The van der Waals surface area contributed by atoms with Gasteiger partial charge in [-0.05, 0) is 13.8 Å². The predicted octanol–water partition coefficient (Wildman–Crippen LogP) is 0.711. The summed E-state index contributed by atoms with van der Waals surface area (Å²) >= 11 is 0. The molecule has 0 aromatic rings. The molecule has 0 saturated carbocycles.